The molecule has 0 bridgehead atoms. The van der Waals surface area contributed by atoms with Crippen molar-refractivity contribution in [1.82, 2.24) is 4.90 Å². The van der Waals surface area contributed by atoms with E-state index in [2.05, 4.69) is 7.49 Å². The van der Waals surface area contributed by atoms with Gasteiger partial charge < -0.3 is 0 Å². The van der Waals surface area contributed by atoms with Gasteiger partial charge in [-0.25, -0.2) is 0 Å². The van der Waals surface area contributed by atoms with Gasteiger partial charge in [0, 0.05) is 0 Å². The van der Waals surface area contributed by atoms with Gasteiger partial charge in [0.05, 0.1) is 0 Å². The van der Waals surface area contributed by atoms with Crippen molar-refractivity contribution in [3.63, 3.8) is 0 Å². The van der Waals surface area contributed by atoms with Crippen LogP contribution in [0.4, 0.5) is 0 Å². The molecule has 0 radical (unpaired) electrons. The minimum atomic E-state index is 0.0839. The predicted molar refractivity (Wildman–Crippen MR) is 47.8 cm³/mol. The Labute approximate surface area is 67.3 Å². The van der Waals surface area contributed by atoms with Crippen LogP contribution in [-0.4, -0.2) is 30.8 Å². The van der Waals surface area contributed by atoms with Crippen LogP contribution < -0.4 is 0 Å². The summed E-state index contributed by atoms with van der Waals surface area (Å²) in [4.78, 5) is 12.7. The van der Waals surface area contributed by atoms with Gasteiger partial charge in [-0.3, -0.25) is 0 Å². The molecule has 1 rings (SSSR count). The van der Waals surface area contributed by atoms with E-state index in [0.29, 0.717) is 0 Å². The van der Waals surface area contributed by atoms with E-state index in [-0.39, 0.29) is 5.78 Å². The fourth-order valence-electron chi connectivity index (χ4n) is 0.846. The van der Waals surface area contributed by atoms with Crippen LogP contribution in [0.3, 0.4) is 0 Å². The third kappa shape index (κ3) is 1.67. The number of hydrogen-bond acceptors (Lipinski definition) is 2. The van der Waals surface area contributed by atoms with Crippen molar-refractivity contribution in [2.45, 2.75) is 6.92 Å². The molecule has 1 aliphatic heterocycles. The maximum atomic E-state index is 10.9. The number of likely N-dealkylation sites (N-methyl/N-ethyl adjacent to an activating group) is 1. The average Bonchev–Trinajstić information content (AvgIpc) is 1.94. The summed E-state index contributed by atoms with van der Waals surface area (Å²) >= 11 is 0. The first-order chi connectivity index (χ1) is 5.11. The number of carbonyl (C=O) groups is 1. The number of nitrogens with zero attached hydrogens (tertiary/aromatic N) is 1. The molecule has 0 aromatic carbocycles. The van der Waals surface area contributed by atoms with Crippen LogP contribution in [0.2, 0.25) is 0 Å². The number of allylic oxidation sites excluding steroid dienone is 2. The van der Waals surface area contributed by atoms with Crippen molar-refractivity contribution < 1.29 is 4.79 Å². The first kappa shape index (κ1) is 7.99. The number of carbonyl (C=O) groups excluding carboxylic acids is 1. The van der Waals surface area contributed by atoms with Crippen molar-refractivity contribution in [2.75, 3.05) is 7.05 Å². The second-order valence-electron chi connectivity index (χ2n) is 2.58. The second kappa shape index (κ2) is 2.87. The molecule has 0 spiro atoms. The van der Waals surface area contributed by atoms with Gasteiger partial charge in [-0.15, -0.1) is 0 Å². The minimum absolute atomic E-state index is 0.0839. The number of rotatable bonds is 1. The number of hydrogen-bond donors (Lipinski definition) is 0. The summed E-state index contributed by atoms with van der Waals surface area (Å²) in [6.45, 7) is 1.55. The average molecular weight is 147 g/mol. The number of ketones is 1. The summed E-state index contributed by atoms with van der Waals surface area (Å²) in [5, 5.41) is 0. The standard InChI is InChI=1S/C8H10BNO/c1-6(11)7-3-4-8(9)10(2)5-7/h3-5,9H,1-2H3. The van der Waals surface area contributed by atoms with E-state index in [1.807, 2.05) is 18.0 Å². The third-order valence-electron chi connectivity index (χ3n) is 1.65. The van der Waals surface area contributed by atoms with Gasteiger partial charge in [0.1, 0.15) is 0 Å². The van der Waals surface area contributed by atoms with E-state index >= 15 is 0 Å². The van der Waals surface area contributed by atoms with Gasteiger partial charge >= 0.3 is 66.4 Å². The maximum absolute atomic E-state index is 10.9. The van der Waals surface area contributed by atoms with E-state index in [4.69, 9.17) is 0 Å². The predicted octanol–water partition coefficient (Wildman–Crippen LogP) is -0.00840. The van der Waals surface area contributed by atoms with Crippen LogP contribution in [0.5, 0.6) is 0 Å². The molecule has 0 aromatic rings. The van der Waals surface area contributed by atoms with Gasteiger partial charge in [0.25, 0.3) is 0 Å². The molecule has 11 heavy (non-hydrogen) atoms. The first-order valence-corrected chi connectivity index (χ1v) is 3.44. The van der Waals surface area contributed by atoms with Gasteiger partial charge in [0.15, 0.2) is 0 Å². The zero-order chi connectivity index (χ0) is 8.43. The molecule has 3 heteroatoms. The Bertz CT molecular complexity index is 265. The molecule has 0 fully saturated rings. The van der Waals surface area contributed by atoms with Crippen LogP contribution >= 0.6 is 0 Å². The Kier molecular flexibility index (Phi) is 2.08. The topological polar surface area (TPSA) is 20.3 Å². The Morgan fingerprint density at radius 3 is 2.64 bits per heavy atom. The van der Waals surface area contributed by atoms with Gasteiger partial charge in [-0.2, -0.15) is 0 Å². The molecule has 56 valence electrons. The molecule has 0 amide bonds. The molecule has 0 N–H and O–H groups in total. The summed E-state index contributed by atoms with van der Waals surface area (Å²) in [5.41, 5.74) is 1.62. The third-order valence-corrected chi connectivity index (χ3v) is 1.65. The first-order valence-electron chi connectivity index (χ1n) is 3.44. The molecule has 0 saturated carbocycles. The van der Waals surface area contributed by atoms with Crippen molar-refractivity contribution >= 4 is 18.9 Å². The van der Waals surface area contributed by atoms with Crippen molar-refractivity contribution in [1.29, 1.82) is 0 Å². The fourth-order valence-corrected chi connectivity index (χ4v) is 0.846. The zero-order valence-corrected chi connectivity index (χ0v) is 6.79. The van der Waals surface area contributed by atoms with E-state index in [1.54, 1.807) is 19.2 Å². The quantitative estimate of drug-likeness (QED) is 0.486. The summed E-state index contributed by atoms with van der Waals surface area (Å²) in [5.74, 6) is 0.0839. The van der Waals surface area contributed by atoms with Crippen LogP contribution in [-0.2, 0) is 4.79 Å². The molecular formula is C8H10BNO. The van der Waals surface area contributed by atoms with Crippen molar-refractivity contribution in [3.8, 4) is 0 Å². The summed E-state index contributed by atoms with van der Waals surface area (Å²) in [6, 6.07) is 0. The molecule has 1 heterocycles. The molecular weight excluding hydrogens is 137 g/mol. The Balaban J connectivity index is 2.88. The van der Waals surface area contributed by atoms with E-state index in [9.17, 15) is 4.79 Å². The van der Waals surface area contributed by atoms with Gasteiger partial charge in [-0.1, -0.05) is 0 Å². The summed E-state index contributed by atoms with van der Waals surface area (Å²) < 4.78 is 0. The van der Waals surface area contributed by atoms with Crippen LogP contribution in [0.1, 0.15) is 6.92 Å². The normalized spacial score (nSPS) is 16.6. The molecule has 0 aromatic heterocycles. The zero-order valence-electron chi connectivity index (χ0n) is 6.79. The molecule has 0 saturated heterocycles. The Morgan fingerprint density at radius 2 is 2.18 bits per heavy atom. The Morgan fingerprint density at radius 1 is 1.55 bits per heavy atom. The second-order valence-corrected chi connectivity index (χ2v) is 2.58. The molecule has 2 nitrogen and oxygen atoms in total. The van der Waals surface area contributed by atoms with E-state index in [0.717, 1.165) is 11.2 Å². The summed E-state index contributed by atoms with van der Waals surface area (Å²) in [6.07, 6.45) is 5.39. The van der Waals surface area contributed by atoms with Crippen LogP contribution in [0.15, 0.2) is 23.9 Å². The number of Topliss-reactive ketones (excluding diaryl/α,β-unsaturated/α-hetero) is 1. The molecule has 0 atom stereocenters. The van der Waals surface area contributed by atoms with E-state index < -0.39 is 0 Å². The Hall–Kier alpha value is -1.12. The van der Waals surface area contributed by atoms with Crippen LogP contribution in [0, 0.1) is 0 Å². The van der Waals surface area contributed by atoms with E-state index in [1.165, 1.54) is 0 Å². The van der Waals surface area contributed by atoms with Gasteiger partial charge in [0.2, 0.25) is 0 Å². The van der Waals surface area contributed by atoms with Crippen molar-refractivity contribution in [3.05, 3.63) is 23.9 Å². The monoisotopic (exact) mass is 147 g/mol. The van der Waals surface area contributed by atoms with Gasteiger partial charge in [-0.05, 0) is 0 Å². The molecule has 1 aliphatic rings. The summed E-state index contributed by atoms with van der Waals surface area (Å²) in [7, 11) is 5.64. The molecule has 0 aliphatic carbocycles. The van der Waals surface area contributed by atoms with Crippen molar-refractivity contribution in [2.24, 2.45) is 0 Å². The SMILES string of the molecule is B=C1C=CC(C(C)=O)=CN1C. The fraction of sp³-hybridized carbons (Fsp3) is 0.250. The van der Waals surface area contributed by atoms with Crippen LogP contribution in [0.25, 0.3) is 0 Å². The molecule has 0 unspecified atom stereocenters.